The molecule has 0 saturated carbocycles. The third kappa shape index (κ3) is 2.16. The summed E-state index contributed by atoms with van der Waals surface area (Å²) in [7, 11) is 2.07. The highest BCUT2D eigenvalue weighted by Gasteiger charge is 2.18. The van der Waals surface area contributed by atoms with Gasteiger partial charge in [0.25, 0.3) is 0 Å². The lowest BCUT2D eigenvalue weighted by Crippen LogP contribution is -2.29. The standard InChI is InChI=1S/C10H13ClN2S/c1-13-5-7-4-8(11)2-3-9(7)12-10(14)6-13/h4H,2-3,5-6H2,1H3,(H,12,14). The number of hydrogen-bond donors (Lipinski definition) is 1. The van der Waals surface area contributed by atoms with Crippen molar-refractivity contribution in [2.75, 3.05) is 20.1 Å². The van der Waals surface area contributed by atoms with Crippen molar-refractivity contribution in [2.24, 2.45) is 0 Å². The molecule has 1 aliphatic heterocycles. The molecular weight excluding hydrogens is 216 g/mol. The quantitative estimate of drug-likeness (QED) is 0.639. The van der Waals surface area contributed by atoms with E-state index >= 15 is 0 Å². The molecular formula is C10H13ClN2S. The Morgan fingerprint density at radius 1 is 1.43 bits per heavy atom. The lowest BCUT2D eigenvalue weighted by atomic mass is 10.0. The second kappa shape index (κ2) is 4.01. The van der Waals surface area contributed by atoms with Gasteiger partial charge in [0.1, 0.15) is 0 Å². The van der Waals surface area contributed by atoms with Gasteiger partial charge >= 0.3 is 0 Å². The average molecular weight is 229 g/mol. The molecule has 4 heteroatoms. The maximum atomic E-state index is 6.02. The molecule has 0 unspecified atom stereocenters. The number of hydrogen-bond acceptors (Lipinski definition) is 2. The maximum Gasteiger partial charge on any atom is 0.0937 e. The monoisotopic (exact) mass is 228 g/mol. The summed E-state index contributed by atoms with van der Waals surface area (Å²) in [5, 5.41) is 4.25. The molecule has 1 heterocycles. The van der Waals surface area contributed by atoms with Gasteiger partial charge < -0.3 is 5.32 Å². The zero-order valence-corrected chi connectivity index (χ0v) is 9.71. The molecule has 0 aromatic heterocycles. The van der Waals surface area contributed by atoms with Crippen LogP contribution in [0.1, 0.15) is 12.8 Å². The Bertz CT molecular complexity index is 333. The Morgan fingerprint density at radius 3 is 3.00 bits per heavy atom. The molecule has 76 valence electrons. The van der Waals surface area contributed by atoms with Crippen molar-refractivity contribution in [3.05, 3.63) is 22.4 Å². The summed E-state index contributed by atoms with van der Waals surface area (Å²) >= 11 is 11.2. The smallest absolute Gasteiger partial charge is 0.0937 e. The Labute approximate surface area is 94.6 Å². The molecule has 0 spiro atoms. The van der Waals surface area contributed by atoms with Crippen LogP contribution in [-0.4, -0.2) is 30.0 Å². The Hall–Kier alpha value is -0.380. The highest BCUT2D eigenvalue weighted by atomic mass is 35.5. The van der Waals surface area contributed by atoms with Gasteiger partial charge in [-0.05, 0) is 31.5 Å². The fourth-order valence-electron chi connectivity index (χ4n) is 1.84. The molecule has 1 N–H and O–H groups in total. The van der Waals surface area contributed by atoms with E-state index in [1.165, 1.54) is 11.3 Å². The number of thiocarbonyl (C=S) groups is 1. The summed E-state index contributed by atoms with van der Waals surface area (Å²) in [6.07, 6.45) is 3.98. The van der Waals surface area contributed by atoms with Gasteiger partial charge in [-0.25, -0.2) is 0 Å². The van der Waals surface area contributed by atoms with Crippen LogP contribution in [-0.2, 0) is 0 Å². The largest absolute Gasteiger partial charge is 0.352 e. The van der Waals surface area contributed by atoms with Gasteiger partial charge in [0.15, 0.2) is 0 Å². The number of halogens is 1. The number of likely N-dealkylation sites (N-methyl/N-ethyl adjacent to an activating group) is 1. The van der Waals surface area contributed by atoms with Crippen molar-refractivity contribution < 1.29 is 0 Å². The Balaban J connectivity index is 2.28. The van der Waals surface area contributed by atoms with Crippen molar-refractivity contribution in [1.82, 2.24) is 10.2 Å². The van der Waals surface area contributed by atoms with Gasteiger partial charge in [-0.3, -0.25) is 4.90 Å². The first kappa shape index (κ1) is 10.1. The summed E-state index contributed by atoms with van der Waals surface area (Å²) in [6.45, 7) is 1.76. The third-order valence-corrected chi connectivity index (χ3v) is 3.01. The van der Waals surface area contributed by atoms with Crippen LogP contribution >= 0.6 is 23.8 Å². The fourth-order valence-corrected chi connectivity index (χ4v) is 2.41. The molecule has 0 amide bonds. The van der Waals surface area contributed by atoms with Crippen molar-refractivity contribution in [3.8, 4) is 0 Å². The average Bonchev–Trinajstić information content (AvgIpc) is 2.21. The van der Waals surface area contributed by atoms with E-state index in [9.17, 15) is 0 Å². The minimum atomic E-state index is 0.827. The van der Waals surface area contributed by atoms with Gasteiger partial charge in [0.05, 0.1) is 4.99 Å². The van der Waals surface area contributed by atoms with E-state index in [0.717, 1.165) is 36.0 Å². The highest BCUT2D eigenvalue weighted by molar-refractivity contribution is 7.80. The molecule has 0 fully saturated rings. The van der Waals surface area contributed by atoms with Crippen LogP contribution in [0.3, 0.4) is 0 Å². The van der Waals surface area contributed by atoms with Crippen LogP contribution in [0.15, 0.2) is 22.4 Å². The first-order chi connectivity index (χ1) is 6.65. The lowest BCUT2D eigenvalue weighted by Gasteiger charge is -2.17. The zero-order chi connectivity index (χ0) is 10.1. The number of rotatable bonds is 0. The Morgan fingerprint density at radius 2 is 2.21 bits per heavy atom. The summed E-state index contributed by atoms with van der Waals surface area (Å²) in [5.74, 6) is 0. The molecule has 0 radical (unpaired) electrons. The van der Waals surface area contributed by atoms with Crippen LogP contribution in [0.5, 0.6) is 0 Å². The van der Waals surface area contributed by atoms with E-state index < -0.39 is 0 Å². The topological polar surface area (TPSA) is 15.3 Å². The van der Waals surface area contributed by atoms with Gasteiger partial charge in [0.2, 0.25) is 0 Å². The summed E-state index contributed by atoms with van der Waals surface area (Å²) in [5.41, 5.74) is 2.53. The van der Waals surface area contributed by atoms with E-state index in [4.69, 9.17) is 23.8 Å². The van der Waals surface area contributed by atoms with Crippen molar-refractivity contribution >= 4 is 28.8 Å². The van der Waals surface area contributed by atoms with E-state index in [1.807, 2.05) is 0 Å². The summed E-state index contributed by atoms with van der Waals surface area (Å²) in [4.78, 5) is 3.10. The van der Waals surface area contributed by atoms with Crippen molar-refractivity contribution in [2.45, 2.75) is 12.8 Å². The molecule has 0 aromatic carbocycles. The van der Waals surface area contributed by atoms with Crippen molar-refractivity contribution in [1.29, 1.82) is 0 Å². The second-order valence-electron chi connectivity index (χ2n) is 3.82. The zero-order valence-electron chi connectivity index (χ0n) is 8.14. The molecule has 0 atom stereocenters. The normalized spacial score (nSPS) is 23.9. The van der Waals surface area contributed by atoms with Crippen molar-refractivity contribution in [3.63, 3.8) is 0 Å². The van der Waals surface area contributed by atoms with Crippen LogP contribution < -0.4 is 5.32 Å². The molecule has 0 aromatic rings. The third-order valence-electron chi connectivity index (χ3n) is 2.48. The number of nitrogens with one attached hydrogen (secondary N) is 1. The van der Waals surface area contributed by atoms with E-state index in [2.05, 4.69) is 23.3 Å². The van der Waals surface area contributed by atoms with E-state index in [0.29, 0.717) is 0 Å². The summed E-state index contributed by atoms with van der Waals surface area (Å²) < 4.78 is 0. The molecule has 2 aliphatic rings. The molecule has 2 rings (SSSR count). The van der Waals surface area contributed by atoms with Crippen LogP contribution in [0.2, 0.25) is 0 Å². The van der Waals surface area contributed by atoms with Crippen LogP contribution in [0.25, 0.3) is 0 Å². The molecule has 2 nitrogen and oxygen atoms in total. The minimum absolute atomic E-state index is 0.827. The molecule has 1 aliphatic carbocycles. The maximum absolute atomic E-state index is 6.02. The molecule has 14 heavy (non-hydrogen) atoms. The highest BCUT2D eigenvalue weighted by Crippen LogP contribution is 2.26. The first-order valence-corrected chi connectivity index (χ1v) is 5.50. The van der Waals surface area contributed by atoms with E-state index in [1.54, 1.807) is 0 Å². The SMILES string of the molecule is CN1CC(=S)NC2=C(C=C(Cl)CC2)C1. The van der Waals surface area contributed by atoms with Gasteiger partial charge in [-0.2, -0.15) is 0 Å². The molecule has 0 saturated heterocycles. The predicted octanol–water partition coefficient (Wildman–Crippen LogP) is 2.02. The lowest BCUT2D eigenvalue weighted by molar-refractivity contribution is 0.420. The Kier molecular flexibility index (Phi) is 2.91. The minimum Gasteiger partial charge on any atom is -0.352 e. The van der Waals surface area contributed by atoms with Crippen LogP contribution in [0, 0.1) is 0 Å². The van der Waals surface area contributed by atoms with Gasteiger partial charge in [-0.1, -0.05) is 23.8 Å². The van der Waals surface area contributed by atoms with Crippen LogP contribution in [0.4, 0.5) is 0 Å². The van der Waals surface area contributed by atoms with E-state index in [-0.39, 0.29) is 0 Å². The summed E-state index contributed by atoms with van der Waals surface area (Å²) in [6, 6.07) is 0. The van der Waals surface area contributed by atoms with Gasteiger partial charge in [-0.15, -0.1) is 0 Å². The second-order valence-corrected chi connectivity index (χ2v) is 4.79. The number of allylic oxidation sites excluding steroid dienone is 2. The fraction of sp³-hybridized carbons (Fsp3) is 0.500. The molecule has 0 bridgehead atoms. The first-order valence-electron chi connectivity index (χ1n) is 4.71. The predicted molar refractivity (Wildman–Crippen MR) is 63.4 cm³/mol. The van der Waals surface area contributed by atoms with Gasteiger partial charge in [0, 0.05) is 23.8 Å². The number of nitrogens with zero attached hydrogens (tertiary/aromatic N) is 1.